The van der Waals surface area contributed by atoms with Crippen LogP contribution in [0.15, 0.2) is 12.7 Å². The summed E-state index contributed by atoms with van der Waals surface area (Å²) in [6, 6.07) is 0. The van der Waals surface area contributed by atoms with E-state index in [1.165, 1.54) is 6.92 Å². The van der Waals surface area contributed by atoms with Crippen molar-refractivity contribution in [2.75, 3.05) is 13.2 Å². The van der Waals surface area contributed by atoms with Gasteiger partial charge in [-0.3, -0.25) is 19.2 Å². The molecule has 0 aromatic carbocycles. The van der Waals surface area contributed by atoms with Crippen LogP contribution in [0, 0.1) is 5.92 Å². The van der Waals surface area contributed by atoms with E-state index in [0.29, 0.717) is 30.9 Å². The molecule has 10 nitrogen and oxygen atoms in total. The maximum Gasteiger partial charge on any atom is 0.333 e. The van der Waals surface area contributed by atoms with Gasteiger partial charge in [0.25, 0.3) is 17.7 Å². The molecule has 0 saturated carbocycles. The number of nitrogens with zero attached hydrogens (tertiary/aromatic N) is 1. The van der Waals surface area contributed by atoms with Gasteiger partial charge < -0.3 is 20.2 Å². The number of amides is 4. The Morgan fingerprint density at radius 1 is 1.02 bits per heavy atom. The quantitative estimate of drug-likeness (QED) is 0.110. The third-order valence-electron chi connectivity index (χ3n) is 7.21. The zero-order chi connectivity index (χ0) is 32.0. The minimum atomic E-state index is -2.91. The van der Waals surface area contributed by atoms with Gasteiger partial charge in [-0.15, -0.1) is 11.6 Å². The van der Waals surface area contributed by atoms with Crippen LogP contribution in [0.4, 0.5) is 8.78 Å². The minimum absolute atomic E-state index is 0.00545. The van der Waals surface area contributed by atoms with Gasteiger partial charge in [-0.1, -0.05) is 19.4 Å². The maximum absolute atomic E-state index is 14.5. The molecule has 12 heteroatoms. The molecule has 1 saturated heterocycles. The number of halogens is 2. The summed E-state index contributed by atoms with van der Waals surface area (Å²) in [4.78, 5) is 64.3. The zero-order valence-corrected chi connectivity index (χ0v) is 25.8. The number of nitrogens with one attached hydrogen (secondary N) is 2. The van der Waals surface area contributed by atoms with Crippen molar-refractivity contribution in [3.8, 4) is 0 Å². The van der Waals surface area contributed by atoms with Gasteiger partial charge in [0.05, 0.1) is 12.0 Å². The molecule has 2 N–H and O–H groups in total. The van der Waals surface area contributed by atoms with E-state index in [1.807, 2.05) is 27.7 Å². The number of hydroxylamine groups is 2. The van der Waals surface area contributed by atoms with Gasteiger partial charge in [-0.25, -0.2) is 13.6 Å². The smallest absolute Gasteiger partial charge is 0.333 e. The molecule has 0 bridgehead atoms. The molecule has 0 aromatic heterocycles. The van der Waals surface area contributed by atoms with Crippen molar-refractivity contribution in [3.05, 3.63) is 12.7 Å². The van der Waals surface area contributed by atoms with Crippen molar-refractivity contribution in [2.24, 2.45) is 5.92 Å². The lowest BCUT2D eigenvalue weighted by Gasteiger charge is -2.32. The molecule has 0 aromatic rings. The van der Waals surface area contributed by atoms with E-state index in [9.17, 15) is 32.8 Å². The number of allylic oxidation sites excluding steroid dienone is 1. The number of ether oxygens (including phenoxy) is 1. The topological polar surface area (TPSA) is 131 Å². The van der Waals surface area contributed by atoms with Gasteiger partial charge in [0.2, 0.25) is 11.8 Å². The molecule has 240 valence electrons. The van der Waals surface area contributed by atoms with Crippen LogP contribution in [0.5, 0.6) is 0 Å². The molecule has 1 unspecified atom stereocenters. The lowest BCUT2D eigenvalue weighted by Crippen LogP contribution is -2.46. The molecule has 0 radical (unpaired) electrons. The highest BCUT2D eigenvalue weighted by atomic mass is 19.3. The van der Waals surface area contributed by atoms with Crippen molar-refractivity contribution in [1.29, 1.82) is 0 Å². The van der Waals surface area contributed by atoms with Crippen LogP contribution in [-0.4, -0.2) is 64.9 Å². The van der Waals surface area contributed by atoms with Gasteiger partial charge in [0, 0.05) is 56.7 Å². The second kappa shape index (κ2) is 17.3. The number of hydrogen-bond acceptors (Lipinski definition) is 7. The van der Waals surface area contributed by atoms with Gasteiger partial charge in [-0.05, 0) is 59.8 Å². The van der Waals surface area contributed by atoms with E-state index < -0.39 is 52.6 Å². The van der Waals surface area contributed by atoms with Crippen LogP contribution >= 0.6 is 0 Å². The Balaban J connectivity index is 2.38. The number of unbranched alkanes of at least 4 members (excludes halogenated alkanes) is 2. The van der Waals surface area contributed by atoms with Crippen LogP contribution in [0.25, 0.3) is 0 Å². The molecule has 1 atom stereocenters. The predicted molar refractivity (Wildman–Crippen MR) is 153 cm³/mol. The fourth-order valence-electron chi connectivity index (χ4n) is 4.41. The summed E-state index contributed by atoms with van der Waals surface area (Å²) in [5.41, 5.74) is -1.28. The van der Waals surface area contributed by atoms with Crippen LogP contribution in [0.1, 0.15) is 112 Å². The molecule has 1 fully saturated rings. The average molecular weight is 602 g/mol. The lowest BCUT2D eigenvalue weighted by molar-refractivity contribution is -0.197. The van der Waals surface area contributed by atoms with Gasteiger partial charge in [-0.2, -0.15) is 0 Å². The van der Waals surface area contributed by atoms with Gasteiger partial charge >= 0.3 is 5.97 Å². The number of carbonyl (C=O) groups is 5. The molecule has 4 amide bonds. The van der Waals surface area contributed by atoms with E-state index in [2.05, 4.69) is 17.2 Å². The van der Waals surface area contributed by atoms with Crippen LogP contribution in [0.3, 0.4) is 0 Å². The molecule has 1 aliphatic heterocycles. The van der Waals surface area contributed by atoms with E-state index >= 15 is 0 Å². The lowest BCUT2D eigenvalue weighted by atomic mass is 9.89. The van der Waals surface area contributed by atoms with E-state index in [-0.39, 0.29) is 51.5 Å². The molecule has 1 heterocycles. The summed E-state index contributed by atoms with van der Waals surface area (Å²) < 4.78 is 35.0. The average Bonchev–Trinajstić information content (AvgIpc) is 3.20. The maximum atomic E-state index is 14.5. The summed E-state index contributed by atoms with van der Waals surface area (Å²) in [7, 11) is 0. The van der Waals surface area contributed by atoms with Crippen molar-refractivity contribution < 1.29 is 42.3 Å². The largest absolute Gasteiger partial charge is 0.375 e. The molecular weight excluding hydrogens is 552 g/mol. The molecule has 0 spiro atoms. The van der Waals surface area contributed by atoms with E-state index in [4.69, 9.17) is 9.57 Å². The second-order valence-corrected chi connectivity index (χ2v) is 12.0. The van der Waals surface area contributed by atoms with Crippen molar-refractivity contribution >= 4 is 29.6 Å². The zero-order valence-electron chi connectivity index (χ0n) is 25.8. The Morgan fingerprint density at radius 2 is 1.67 bits per heavy atom. The Hall–Kier alpha value is -2.89. The highest BCUT2D eigenvalue weighted by molar-refractivity contribution is 6.01. The molecular formula is C30H49F2N3O7. The van der Waals surface area contributed by atoms with Crippen molar-refractivity contribution in [2.45, 2.75) is 129 Å². The Labute approximate surface area is 248 Å². The Morgan fingerprint density at radius 3 is 2.26 bits per heavy atom. The number of rotatable bonds is 21. The summed E-state index contributed by atoms with van der Waals surface area (Å²) in [6.45, 7) is 13.0. The summed E-state index contributed by atoms with van der Waals surface area (Å²) in [5, 5.41) is 6.02. The van der Waals surface area contributed by atoms with E-state index in [1.54, 1.807) is 6.08 Å². The second-order valence-electron chi connectivity index (χ2n) is 12.0. The first-order chi connectivity index (χ1) is 19.5. The summed E-state index contributed by atoms with van der Waals surface area (Å²) in [5.74, 6) is -6.73. The Bertz CT molecular complexity index is 937. The first kappa shape index (κ1) is 37.1. The first-order valence-electron chi connectivity index (χ1n) is 14.8. The number of hydrogen-bond donors (Lipinski definition) is 2. The first-order valence-corrected chi connectivity index (χ1v) is 14.8. The van der Waals surface area contributed by atoms with Crippen LogP contribution in [-0.2, 0) is 33.5 Å². The molecule has 42 heavy (non-hydrogen) atoms. The monoisotopic (exact) mass is 601 g/mol. The van der Waals surface area contributed by atoms with Crippen LogP contribution < -0.4 is 10.6 Å². The number of alkyl halides is 2. The number of imide groups is 1. The van der Waals surface area contributed by atoms with Gasteiger partial charge in [0.15, 0.2) is 0 Å². The normalized spacial score (nSPS) is 15.0. The molecule has 0 aliphatic carbocycles. The molecule has 1 rings (SSSR count). The van der Waals surface area contributed by atoms with E-state index in [0.717, 1.165) is 12.8 Å². The van der Waals surface area contributed by atoms with Gasteiger partial charge in [0.1, 0.15) is 0 Å². The fourth-order valence-corrected chi connectivity index (χ4v) is 4.41. The highest BCUT2D eigenvalue weighted by Crippen LogP contribution is 2.34. The Kier molecular flexibility index (Phi) is 15.3. The number of carbonyl (C=O) groups excluding carboxylic acids is 5. The standard InChI is InChI=1S/C30H49F2N3O7/c1-7-9-10-11-12-22(30(31,32)8-2)21-24(37)34-28(3,4)18-20-41-29(5,6)17-19-33-23(36)13-16-27(40)42-35-25(38)14-15-26(35)39/h7,22H,1,8-21H2,2-6H3,(H,33,36)(H,34,37). The van der Waals surface area contributed by atoms with Crippen molar-refractivity contribution in [3.63, 3.8) is 0 Å². The SMILES string of the molecule is C=CCCCCC(CC(=O)NC(C)(C)CCOC(C)(C)CCNC(=O)CCC(=O)ON1C(=O)CCC1=O)C(F)(F)CC. The van der Waals surface area contributed by atoms with Crippen LogP contribution in [0.2, 0.25) is 0 Å². The fraction of sp³-hybridized carbons (Fsp3) is 0.767. The summed E-state index contributed by atoms with van der Waals surface area (Å²) >= 11 is 0. The van der Waals surface area contributed by atoms with Crippen molar-refractivity contribution in [1.82, 2.24) is 15.7 Å². The summed E-state index contributed by atoms with van der Waals surface area (Å²) in [6.07, 6.45) is 4.09. The third kappa shape index (κ3) is 14.3. The highest BCUT2D eigenvalue weighted by Gasteiger charge is 2.39. The predicted octanol–water partition coefficient (Wildman–Crippen LogP) is 4.76. The third-order valence-corrected chi connectivity index (χ3v) is 7.21. The minimum Gasteiger partial charge on any atom is -0.375 e. The molecule has 1 aliphatic rings.